The van der Waals surface area contributed by atoms with E-state index < -0.39 is 0 Å². The van der Waals surface area contributed by atoms with Gasteiger partial charge in [-0.3, -0.25) is 0 Å². The number of hydrogen-bond acceptors (Lipinski definition) is 0. The summed E-state index contributed by atoms with van der Waals surface area (Å²) < 4.78 is 0. The highest BCUT2D eigenvalue weighted by Crippen LogP contribution is 2.34. The van der Waals surface area contributed by atoms with Crippen LogP contribution in [0.3, 0.4) is 0 Å². The molecular weight excluding hydrogens is 216 g/mol. The lowest BCUT2D eigenvalue weighted by atomic mass is 9.78. The fourth-order valence-electron chi connectivity index (χ4n) is 3.32. The van der Waals surface area contributed by atoms with Gasteiger partial charge in [-0.25, -0.2) is 0 Å². The van der Waals surface area contributed by atoms with Gasteiger partial charge in [0.15, 0.2) is 0 Å². The van der Waals surface area contributed by atoms with Crippen LogP contribution in [0.15, 0.2) is 12.2 Å². The first-order chi connectivity index (χ1) is 8.74. The molecule has 106 valence electrons. The molecular formula is C18H34. The first-order valence-electron chi connectivity index (χ1n) is 8.41. The van der Waals surface area contributed by atoms with Crippen molar-refractivity contribution in [3.63, 3.8) is 0 Å². The van der Waals surface area contributed by atoms with Crippen molar-refractivity contribution in [2.45, 2.75) is 90.9 Å². The zero-order chi connectivity index (χ0) is 13.2. The summed E-state index contributed by atoms with van der Waals surface area (Å²) >= 11 is 0. The topological polar surface area (TPSA) is 0 Å². The van der Waals surface area contributed by atoms with Gasteiger partial charge in [0.05, 0.1) is 0 Å². The van der Waals surface area contributed by atoms with Crippen LogP contribution in [0.1, 0.15) is 90.9 Å². The molecule has 0 heteroatoms. The van der Waals surface area contributed by atoms with E-state index in [0.717, 1.165) is 11.8 Å². The maximum atomic E-state index is 4.36. The van der Waals surface area contributed by atoms with E-state index >= 15 is 0 Å². The Hall–Kier alpha value is -0.260. The van der Waals surface area contributed by atoms with Crippen LogP contribution >= 0.6 is 0 Å². The van der Waals surface area contributed by atoms with Crippen molar-refractivity contribution in [1.29, 1.82) is 0 Å². The van der Waals surface area contributed by atoms with Crippen molar-refractivity contribution in [2.75, 3.05) is 0 Å². The van der Waals surface area contributed by atoms with Gasteiger partial charge < -0.3 is 0 Å². The molecule has 0 aliphatic heterocycles. The Morgan fingerprint density at radius 3 is 2.33 bits per heavy atom. The van der Waals surface area contributed by atoms with Gasteiger partial charge in [-0.15, -0.1) is 0 Å². The molecule has 0 bridgehead atoms. The molecule has 1 aliphatic carbocycles. The van der Waals surface area contributed by atoms with E-state index in [1.165, 1.54) is 77.0 Å². The predicted molar refractivity (Wildman–Crippen MR) is 82.9 cm³/mol. The largest absolute Gasteiger partial charge is 0.0996 e. The monoisotopic (exact) mass is 250 g/mol. The van der Waals surface area contributed by atoms with Crippen LogP contribution in [-0.2, 0) is 0 Å². The van der Waals surface area contributed by atoms with E-state index in [1.807, 2.05) is 0 Å². The minimum Gasteiger partial charge on any atom is -0.0996 e. The predicted octanol–water partition coefficient (Wildman–Crippen LogP) is 6.51. The molecule has 0 N–H and O–H groups in total. The molecule has 0 aromatic rings. The molecule has 0 amide bonds. The molecule has 1 fully saturated rings. The SMILES string of the molecule is C=C(CCCCCCCCC)C1CCCC(C)C1. The van der Waals surface area contributed by atoms with Gasteiger partial charge >= 0.3 is 0 Å². The van der Waals surface area contributed by atoms with Gasteiger partial charge in [-0.05, 0) is 37.5 Å². The minimum atomic E-state index is 0.855. The molecule has 0 nitrogen and oxygen atoms in total. The van der Waals surface area contributed by atoms with Crippen molar-refractivity contribution < 1.29 is 0 Å². The average Bonchev–Trinajstić information content (AvgIpc) is 2.37. The van der Waals surface area contributed by atoms with Crippen LogP contribution in [0.2, 0.25) is 0 Å². The second-order valence-corrected chi connectivity index (χ2v) is 6.50. The standard InChI is InChI=1S/C18H34/c1-4-5-6-7-8-9-10-13-17(3)18-14-11-12-16(2)15-18/h16,18H,3-15H2,1-2H3. The summed E-state index contributed by atoms with van der Waals surface area (Å²) in [6.07, 6.45) is 16.9. The fourth-order valence-corrected chi connectivity index (χ4v) is 3.32. The number of unbranched alkanes of at least 4 members (excludes halogenated alkanes) is 6. The van der Waals surface area contributed by atoms with E-state index in [1.54, 1.807) is 5.57 Å². The van der Waals surface area contributed by atoms with Crippen molar-refractivity contribution >= 4 is 0 Å². The zero-order valence-corrected chi connectivity index (χ0v) is 12.8. The quantitative estimate of drug-likeness (QED) is 0.323. The molecule has 0 spiro atoms. The second kappa shape index (κ2) is 9.64. The van der Waals surface area contributed by atoms with Crippen molar-refractivity contribution in [3.8, 4) is 0 Å². The maximum absolute atomic E-state index is 4.36. The molecule has 0 aromatic heterocycles. The van der Waals surface area contributed by atoms with E-state index in [4.69, 9.17) is 0 Å². The van der Waals surface area contributed by atoms with E-state index in [2.05, 4.69) is 20.4 Å². The first-order valence-corrected chi connectivity index (χ1v) is 8.41. The molecule has 0 aromatic carbocycles. The molecule has 2 unspecified atom stereocenters. The minimum absolute atomic E-state index is 0.855. The van der Waals surface area contributed by atoms with Gasteiger partial charge in [-0.1, -0.05) is 77.4 Å². The Kier molecular flexibility index (Phi) is 8.46. The molecule has 1 aliphatic rings. The fraction of sp³-hybridized carbons (Fsp3) is 0.889. The van der Waals surface area contributed by atoms with Gasteiger partial charge in [0.2, 0.25) is 0 Å². The number of allylic oxidation sites excluding steroid dienone is 1. The van der Waals surface area contributed by atoms with Crippen molar-refractivity contribution in [3.05, 3.63) is 12.2 Å². The highest BCUT2D eigenvalue weighted by atomic mass is 14.3. The third-order valence-corrected chi connectivity index (χ3v) is 4.62. The molecule has 2 atom stereocenters. The molecule has 1 rings (SSSR count). The van der Waals surface area contributed by atoms with Gasteiger partial charge in [-0.2, -0.15) is 0 Å². The number of rotatable bonds is 9. The van der Waals surface area contributed by atoms with Gasteiger partial charge in [0.25, 0.3) is 0 Å². The Labute approximate surface area is 115 Å². The average molecular weight is 250 g/mol. The highest BCUT2D eigenvalue weighted by molar-refractivity contribution is 5.02. The lowest BCUT2D eigenvalue weighted by Crippen LogP contribution is -2.14. The van der Waals surface area contributed by atoms with Crippen LogP contribution in [-0.4, -0.2) is 0 Å². The molecule has 0 radical (unpaired) electrons. The van der Waals surface area contributed by atoms with Gasteiger partial charge in [0, 0.05) is 0 Å². The van der Waals surface area contributed by atoms with E-state index in [-0.39, 0.29) is 0 Å². The lowest BCUT2D eigenvalue weighted by molar-refractivity contribution is 0.309. The molecule has 0 heterocycles. The Morgan fingerprint density at radius 1 is 1.00 bits per heavy atom. The highest BCUT2D eigenvalue weighted by Gasteiger charge is 2.20. The van der Waals surface area contributed by atoms with Gasteiger partial charge in [0.1, 0.15) is 0 Å². The summed E-state index contributed by atoms with van der Waals surface area (Å²) in [5, 5.41) is 0. The number of hydrogen-bond donors (Lipinski definition) is 0. The summed E-state index contributed by atoms with van der Waals surface area (Å²) in [6.45, 7) is 9.06. The first kappa shape index (κ1) is 15.8. The van der Waals surface area contributed by atoms with Crippen molar-refractivity contribution in [2.24, 2.45) is 11.8 Å². The summed E-state index contributed by atoms with van der Waals surface area (Å²) in [5.41, 5.74) is 1.56. The maximum Gasteiger partial charge on any atom is -0.0203 e. The zero-order valence-electron chi connectivity index (χ0n) is 12.8. The molecule has 0 saturated heterocycles. The lowest BCUT2D eigenvalue weighted by Gasteiger charge is -2.28. The third kappa shape index (κ3) is 6.61. The summed E-state index contributed by atoms with van der Waals surface area (Å²) in [4.78, 5) is 0. The summed E-state index contributed by atoms with van der Waals surface area (Å²) in [6, 6.07) is 0. The van der Waals surface area contributed by atoms with E-state index in [0.29, 0.717) is 0 Å². The molecule has 1 saturated carbocycles. The molecule has 18 heavy (non-hydrogen) atoms. The second-order valence-electron chi connectivity index (χ2n) is 6.50. The van der Waals surface area contributed by atoms with Crippen LogP contribution < -0.4 is 0 Å². The Morgan fingerprint density at radius 2 is 1.67 bits per heavy atom. The normalized spacial score (nSPS) is 24.1. The van der Waals surface area contributed by atoms with Crippen LogP contribution in [0.25, 0.3) is 0 Å². The van der Waals surface area contributed by atoms with Crippen LogP contribution in [0.5, 0.6) is 0 Å². The van der Waals surface area contributed by atoms with E-state index in [9.17, 15) is 0 Å². The van der Waals surface area contributed by atoms with Crippen molar-refractivity contribution in [1.82, 2.24) is 0 Å². The third-order valence-electron chi connectivity index (χ3n) is 4.62. The summed E-state index contributed by atoms with van der Waals surface area (Å²) in [5.74, 6) is 1.79. The van der Waals surface area contributed by atoms with Crippen LogP contribution in [0.4, 0.5) is 0 Å². The van der Waals surface area contributed by atoms with Crippen LogP contribution in [0, 0.1) is 11.8 Å². The Bertz CT molecular complexity index is 216. The summed E-state index contributed by atoms with van der Waals surface area (Å²) in [7, 11) is 0. The smallest absolute Gasteiger partial charge is 0.0203 e. The Balaban J connectivity index is 1.99.